The van der Waals surface area contributed by atoms with E-state index in [2.05, 4.69) is 17.1 Å². The molecule has 0 spiro atoms. The Morgan fingerprint density at radius 1 is 1.26 bits per heavy atom. The van der Waals surface area contributed by atoms with E-state index in [1.165, 1.54) is 0 Å². The first-order chi connectivity index (χ1) is 8.87. The molecule has 2 unspecified atom stereocenters. The number of nitrogens with one attached hydrogen (secondary N) is 1. The van der Waals surface area contributed by atoms with Crippen LogP contribution in [0.3, 0.4) is 0 Å². The van der Waals surface area contributed by atoms with Gasteiger partial charge in [0.25, 0.3) is 0 Å². The summed E-state index contributed by atoms with van der Waals surface area (Å²) in [5.41, 5.74) is -0.657. The average molecular weight is 269 g/mol. The van der Waals surface area contributed by atoms with Gasteiger partial charge in [-0.3, -0.25) is 9.69 Å². The van der Waals surface area contributed by atoms with Crippen molar-refractivity contribution >= 4 is 5.91 Å². The number of β-amino-alcohol motifs (C(OH)–C–C–N with tert-alkyl or cyclic N) is 1. The molecule has 2 aliphatic rings. The van der Waals surface area contributed by atoms with Gasteiger partial charge in [0.05, 0.1) is 11.5 Å². The zero-order valence-corrected chi connectivity index (χ0v) is 12.4. The molecule has 0 bridgehead atoms. The Balaban J connectivity index is 1.81. The maximum Gasteiger partial charge on any atom is 0.227 e. The summed E-state index contributed by atoms with van der Waals surface area (Å²) in [7, 11) is 0. The highest BCUT2D eigenvalue weighted by atomic mass is 16.3. The molecule has 2 heterocycles. The smallest absolute Gasteiger partial charge is 0.227 e. The van der Waals surface area contributed by atoms with Gasteiger partial charge < -0.3 is 15.3 Å². The van der Waals surface area contributed by atoms with Gasteiger partial charge in [-0.25, -0.2) is 0 Å². The monoisotopic (exact) mass is 269 g/mol. The van der Waals surface area contributed by atoms with Crippen LogP contribution in [0.1, 0.15) is 20.8 Å². The van der Waals surface area contributed by atoms with Gasteiger partial charge in [-0.1, -0.05) is 6.92 Å². The van der Waals surface area contributed by atoms with Crippen LogP contribution in [0.4, 0.5) is 0 Å². The Bertz CT molecular complexity index is 319. The quantitative estimate of drug-likeness (QED) is 0.742. The van der Waals surface area contributed by atoms with E-state index in [0.717, 1.165) is 39.3 Å². The lowest BCUT2D eigenvalue weighted by atomic mass is 9.96. The fraction of sp³-hybridized carbons (Fsp3) is 0.929. The van der Waals surface area contributed by atoms with Crippen molar-refractivity contribution < 1.29 is 9.90 Å². The van der Waals surface area contributed by atoms with Crippen LogP contribution in [0, 0.1) is 11.8 Å². The van der Waals surface area contributed by atoms with E-state index < -0.39 is 5.60 Å². The van der Waals surface area contributed by atoms with Crippen LogP contribution in [0.5, 0.6) is 0 Å². The summed E-state index contributed by atoms with van der Waals surface area (Å²) in [6.45, 7) is 11.6. The maximum absolute atomic E-state index is 12.4. The number of amides is 1. The molecule has 0 saturated carbocycles. The molecule has 2 rings (SSSR count). The third-order valence-corrected chi connectivity index (χ3v) is 4.13. The summed E-state index contributed by atoms with van der Waals surface area (Å²) >= 11 is 0. The summed E-state index contributed by atoms with van der Waals surface area (Å²) in [5, 5.41) is 13.1. The molecule has 0 aromatic carbocycles. The fourth-order valence-electron chi connectivity index (χ4n) is 3.05. The van der Waals surface area contributed by atoms with Crippen molar-refractivity contribution in [2.45, 2.75) is 26.4 Å². The second-order valence-corrected chi connectivity index (χ2v) is 6.66. The van der Waals surface area contributed by atoms with Gasteiger partial charge in [0, 0.05) is 39.3 Å². The van der Waals surface area contributed by atoms with Gasteiger partial charge in [0.15, 0.2) is 0 Å². The summed E-state index contributed by atoms with van der Waals surface area (Å²) in [6, 6.07) is 0. The van der Waals surface area contributed by atoms with Crippen LogP contribution in [0.25, 0.3) is 0 Å². The van der Waals surface area contributed by atoms with Crippen molar-refractivity contribution in [1.29, 1.82) is 0 Å². The van der Waals surface area contributed by atoms with Crippen LogP contribution in [-0.4, -0.2) is 72.2 Å². The highest BCUT2D eigenvalue weighted by Crippen LogP contribution is 2.19. The Kier molecular flexibility index (Phi) is 4.48. The van der Waals surface area contributed by atoms with Gasteiger partial charge in [0.2, 0.25) is 5.91 Å². The first kappa shape index (κ1) is 14.8. The van der Waals surface area contributed by atoms with E-state index in [9.17, 15) is 9.90 Å². The van der Waals surface area contributed by atoms with Crippen molar-refractivity contribution in [2.75, 3.05) is 45.8 Å². The number of carbonyl (C=O) groups excluding carboxylic acids is 1. The SMILES string of the molecule is CC1CNCC1C(=O)N1CCN(CC(C)(C)O)CC1. The minimum atomic E-state index is -0.657. The highest BCUT2D eigenvalue weighted by Gasteiger charge is 2.34. The Morgan fingerprint density at radius 3 is 2.37 bits per heavy atom. The predicted molar refractivity (Wildman–Crippen MR) is 74.8 cm³/mol. The molecule has 0 aromatic heterocycles. The van der Waals surface area contributed by atoms with Gasteiger partial charge >= 0.3 is 0 Å². The van der Waals surface area contributed by atoms with Crippen LogP contribution in [0.15, 0.2) is 0 Å². The molecule has 2 atom stereocenters. The minimum absolute atomic E-state index is 0.154. The van der Waals surface area contributed by atoms with E-state index >= 15 is 0 Å². The fourth-order valence-corrected chi connectivity index (χ4v) is 3.05. The zero-order chi connectivity index (χ0) is 14.0. The van der Waals surface area contributed by atoms with Crippen molar-refractivity contribution in [3.05, 3.63) is 0 Å². The number of piperazine rings is 1. The van der Waals surface area contributed by atoms with E-state index in [-0.39, 0.29) is 5.92 Å². The van der Waals surface area contributed by atoms with Crippen molar-refractivity contribution in [1.82, 2.24) is 15.1 Å². The van der Waals surface area contributed by atoms with Crippen molar-refractivity contribution in [2.24, 2.45) is 11.8 Å². The molecule has 0 aliphatic carbocycles. The van der Waals surface area contributed by atoms with Crippen LogP contribution in [-0.2, 0) is 4.79 Å². The van der Waals surface area contributed by atoms with Gasteiger partial charge in [-0.2, -0.15) is 0 Å². The lowest BCUT2D eigenvalue weighted by Gasteiger charge is -2.38. The second kappa shape index (κ2) is 5.77. The molecule has 0 radical (unpaired) electrons. The summed E-state index contributed by atoms with van der Waals surface area (Å²) in [4.78, 5) is 16.7. The molecule has 1 amide bonds. The molecule has 2 saturated heterocycles. The highest BCUT2D eigenvalue weighted by molar-refractivity contribution is 5.79. The predicted octanol–water partition coefficient (Wildman–Crippen LogP) is -0.243. The standard InChI is InChI=1S/C14H27N3O2/c1-11-8-15-9-12(11)13(18)17-6-4-16(5-7-17)10-14(2,3)19/h11-12,15,19H,4-10H2,1-3H3. The topological polar surface area (TPSA) is 55.8 Å². The number of carbonyl (C=O) groups is 1. The summed E-state index contributed by atoms with van der Waals surface area (Å²) in [6.07, 6.45) is 0. The number of nitrogens with zero attached hydrogens (tertiary/aromatic N) is 2. The Morgan fingerprint density at radius 2 is 1.89 bits per heavy atom. The van der Waals surface area contributed by atoms with Gasteiger partial charge in [-0.05, 0) is 26.3 Å². The van der Waals surface area contributed by atoms with Crippen LogP contribution < -0.4 is 5.32 Å². The van der Waals surface area contributed by atoms with Gasteiger partial charge in [0.1, 0.15) is 0 Å². The third kappa shape index (κ3) is 3.91. The molecule has 2 N–H and O–H groups in total. The van der Waals surface area contributed by atoms with E-state index in [4.69, 9.17) is 0 Å². The van der Waals surface area contributed by atoms with E-state index in [1.807, 2.05) is 18.7 Å². The third-order valence-electron chi connectivity index (χ3n) is 4.13. The molecule has 5 heteroatoms. The maximum atomic E-state index is 12.4. The second-order valence-electron chi connectivity index (χ2n) is 6.66. The first-order valence-corrected chi connectivity index (χ1v) is 7.31. The number of hydrogen-bond donors (Lipinski definition) is 2. The Labute approximate surface area is 115 Å². The zero-order valence-electron chi connectivity index (χ0n) is 12.4. The number of aliphatic hydroxyl groups is 1. The van der Waals surface area contributed by atoms with Crippen LogP contribution in [0.2, 0.25) is 0 Å². The molecular weight excluding hydrogens is 242 g/mol. The molecule has 110 valence electrons. The van der Waals surface area contributed by atoms with E-state index in [0.29, 0.717) is 18.4 Å². The number of hydrogen-bond acceptors (Lipinski definition) is 4. The van der Waals surface area contributed by atoms with Gasteiger partial charge in [-0.15, -0.1) is 0 Å². The molecule has 0 aromatic rings. The number of rotatable bonds is 3. The van der Waals surface area contributed by atoms with Crippen molar-refractivity contribution in [3.63, 3.8) is 0 Å². The summed E-state index contributed by atoms with van der Waals surface area (Å²) < 4.78 is 0. The van der Waals surface area contributed by atoms with E-state index in [1.54, 1.807) is 0 Å². The molecular formula is C14H27N3O2. The normalized spacial score (nSPS) is 29.8. The molecule has 2 aliphatic heterocycles. The minimum Gasteiger partial charge on any atom is -0.389 e. The lowest BCUT2D eigenvalue weighted by molar-refractivity contribution is -0.138. The van der Waals surface area contributed by atoms with Crippen LogP contribution >= 0.6 is 0 Å². The largest absolute Gasteiger partial charge is 0.389 e. The molecule has 19 heavy (non-hydrogen) atoms. The summed E-state index contributed by atoms with van der Waals surface area (Å²) in [5.74, 6) is 0.906. The molecule has 2 fully saturated rings. The van der Waals surface area contributed by atoms with Crippen molar-refractivity contribution in [3.8, 4) is 0 Å². The average Bonchev–Trinajstić information content (AvgIpc) is 2.73. The molecule has 5 nitrogen and oxygen atoms in total. The first-order valence-electron chi connectivity index (χ1n) is 7.31. The Hall–Kier alpha value is -0.650. The lowest BCUT2D eigenvalue weighted by Crippen LogP contribution is -2.53.